The van der Waals surface area contributed by atoms with E-state index in [4.69, 9.17) is 5.73 Å². The number of imide groups is 1. The van der Waals surface area contributed by atoms with Crippen molar-refractivity contribution in [3.63, 3.8) is 0 Å². The predicted molar refractivity (Wildman–Crippen MR) is 59.1 cm³/mol. The van der Waals surface area contributed by atoms with Crippen molar-refractivity contribution in [2.75, 3.05) is 11.9 Å². The van der Waals surface area contributed by atoms with Crippen LogP contribution in [0.25, 0.3) is 0 Å². The fourth-order valence-electron chi connectivity index (χ4n) is 0.981. The maximum Gasteiger partial charge on any atom is 0.414 e. The third-order valence-corrected chi connectivity index (χ3v) is 1.62. The van der Waals surface area contributed by atoms with Crippen molar-refractivity contribution < 1.29 is 19.1 Å². The number of nitrogens with two attached hydrogens (primary N) is 1. The van der Waals surface area contributed by atoms with E-state index in [0.717, 1.165) is 5.69 Å². The molecule has 90 valence electrons. The number of anilines is 1. The summed E-state index contributed by atoms with van der Waals surface area (Å²) < 4.78 is 4.17. The maximum atomic E-state index is 10.3. The second kappa shape index (κ2) is 6.11. The van der Waals surface area contributed by atoms with E-state index in [1.54, 1.807) is 12.1 Å². The summed E-state index contributed by atoms with van der Waals surface area (Å²) in [5.74, 6) is -0.370. The van der Waals surface area contributed by atoms with Gasteiger partial charge < -0.3 is 15.8 Å². The lowest BCUT2D eigenvalue weighted by Crippen LogP contribution is -2.18. The minimum absolute atomic E-state index is 0.126. The highest BCUT2D eigenvalue weighted by Gasteiger charge is 2.17. The number of primary amides is 1. The lowest BCUT2D eigenvalue weighted by atomic mass is 10.3. The number of hydrogen-bond donors (Lipinski definition) is 3. The Labute approximate surface area is 96.9 Å². The van der Waals surface area contributed by atoms with Gasteiger partial charge in [0.15, 0.2) is 6.61 Å². The highest BCUT2D eigenvalue weighted by molar-refractivity contribution is 5.97. The van der Waals surface area contributed by atoms with Gasteiger partial charge in [0.25, 0.3) is 5.91 Å². The Morgan fingerprint density at radius 2 is 1.94 bits per heavy atom. The van der Waals surface area contributed by atoms with Gasteiger partial charge in [0.1, 0.15) is 0 Å². The molecular formula is C10H11N3O4. The number of ether oxygens (including phenoxy) is 1. The normalized spacial score (nSPS) is 12.9. The van der Waals surface area contributed by atoms with Gasteiger partial charge in [-0.25, -0.2) is 9.59 Å². The number of alkyl carbamates (subject to hydrolysis) is 1. The van der Waals surface area contributed by atoms with Crippen LogP contribution in [0.3, 0.4) is 0 Å². The minimum atomic E-state index is -0.648. The van der Waals surface area contributed by atoms with E-state index in [1.165, 1.54) is 0 Å². The molecule has 1 aliphatic heterocycles. The van der Waals surface area contributed by atoms with Crippen molar-refractivity contribution in [3.05, 3.63) is 30.3 Å². The molecule has 1 saturated heterocycles. The molecule has 7 nitrogen and oxygen atoms in total. The Morgan fingerprint density at radius 3 is 2.29 bits per heavy atom. The van der Waals surface area contributed by atoms with Gasteiger partial charge in [-0.3, -0.25) is 10.1 Å². The molecule has 1 aliphatic rings. The molecule has 2 rings (SSSR count). The predicted octanol–water partition coefficient (Wildman–Crippen LogP) is 0.430. The van der Waals surface area contributed by atoms with Gasteiger partial charge >= 0.3 is 12.1 Å². The molecule has 0 aromatic heterocycles. The van der Waals surface area contributed by atoms with Crippen molar-refractivity contribution in [3.8, 4) is 0 Å². The zero-order chi connectivity index (χ0) is 12.7. The van der Waals surface area contributed by atoms with Crippen LogP contribution in [0.4, 0.5) is 15.3 Å². The van der Waals surface area contributed by atoms with Gasteiger partial charge in [-0.05, 0) is 12.1 Å². The van der Waals surface area contributed by atoms with Crippen LogP contribution in [0.1, 0.15) is 0 Å². The number of hydrogen-bond acceptors (Lipinski definition) is 4. The summed E-state index contributed by atoms with van der Waals surface area (Å²) in [4.78, 5) is 30.2. The Kier molecular flexibility index (Phi) is 4.49. The van der Waals surface area contributed by atoms with Crippen LogP contribution in [0, 0.1) is 0 Å². The number of nitrogens with one attached hydrogen (secondary N) is 2. The van der Waals surface area contributed by atoms with Crippen LogP contribution >= 0.6 is 0 Å². The maximum absolute atomic E-state index is 10.3. The monoisotopic (exact) mass is 237 g/mol. The molecular weight excluding hydrogens is 226 g/mol. The first-order valence-corrected chi connectivity index (χ1v) is 4.66. The Hall–Kier alpha value is -2.57. The third kappa shape index (κ3) is 5.17. The average molecular weight is 237 g/mol. The Bertz CT molecular complexity index is 405. The van der Waals surface area contributed by atoms with Gasteiger partial charge in [0, 0.05) is 5.69 Å². The van der Waals surface area contributed by atoms with Crippen LogP contribution < -0.4 is 16.4 Å². The smallest absolute Gasteiger partial charge is 0.414 e. The van der Waals surface area contributed by atoms with Crippen LogP contribution in [-0.2, 0) is 9.53 Å². The number of rotatable bonds is 1. The molecule has 4 amide bonds. The summed E-state index contributed by atoms with van der Waals surface area (Å²) in [5, 5.41) is 4.36. The summed E-state index contributed by atoms with van der Waals surface area (Å²) in [6.45, 7) is -0.126. The van der Waals surface area contributed by atoms with E-state index in [0.29, 0.717) is 0 Å². The summed E-state index contributed by atoms with van der Waals surface area (Å²) >= 11 is 0. The highest BCUT2D eigenvalue weighted by Crippen LogP contribution is 2.03. The molecule has 4 N–H and O–H groups in total. The standard InChI is InChI=1S/C7H8N2O.C3H3NO3/c8-7(10)9-6-4-2-1-3-5-6;5-2-1-7-3(6)4-2/h1-5H,(H3,8,9,10);1H2,(H,4,5,6). The topological polar surface area (TPSA) is 111 Å². The number of amides is 4. The molecule has 7 heteroatoms. The zero-order valence-electron chi connectivity index (χ0n) is 8.80. The summed E-state index contributed by atoms with van der Waals surface area (Å²) in [5.41, 5.74) is 5.59. The molecule has 1 aromatic carbocycles. The lowest BCUT2D eigenvalue weighted by molar-refractivity contribution is -0.119. The summed E-state index contributed by atoms with van der Waals surface area (Å²) in [6, 6.07) is 8.52. The molecule has 0 radical (unpaired) electrons. The van der Waals surface area contributed by atoms with Gasteiger partial charge in [0.05, 0.1) is 0 Å². The third-order valence-electron chi connectivity index (χ3n) is 1.62. The van der Waals surface area contributed by atoms with Crippen molar-refractivity contribution in [1.29, 1.82) is 0 Å². The van der Waals surface area contributed by atoms with Crippen molar-refractivity contribution in [2.24, 2.45) is 5.73 Å². The first kappa shape index (κ1) is 12.5. The number of carbonyl (C=O) groups is 3. The average Bonchev–Trinajstić information content (AvgIpc) is 2.64. The van der Waals surface area contributed by atoms with Gasteiger partial charge in [-0.15, -0.1) is 0 Å². The molecule has 0 saturated carbocycles. The molecule has 1 fully saturated rings. The molecule has 0 spiro atoms. The Morgan fingerprint density at radius 1 is 1.29 bits per heavy atom. The first-order valence-electron chi connectivity index (χ1n) is 4.66. The summed E-state index contributed by atoms with van der Waals surface area (Å²) in [7, 11) is 0. The van der Waals surface area contributed by atoms with Crippen molar-refractivity contribution >= 4 is 23.7 Å². The van der Waals surface area contributed by atoms with E-state index >= 15 is 0 Å². The Balaban J connectivity index is 0.000000181. The number of benzene rings is 1. The quantitative estimate of drug-likeness (QED) is 0.657. The molecule has 1 heterocycles. The van der Waals surface area contributed by atoms with E-state index in [1.807, 2.05) is 23.5 Å². The van der Waals surface area contributed by atoms with Crippen LogP contribution in [-0.4, -0.2) is 24.6 Å². The van der Waals surface area contributed by atoms with Crippen LogP contribution in [0.15, 0.2) is 30.3 Å². The zero-order valence-corrected chi connectivity index (χ0v) is 8.80. The van der Waals surface area contributed by atoms with Crippen LogP contribution in [0.2, 0.25) is 0 Å². The van der Waals surface area contributed by atoms with E-state index < -0.39 is 12.1 Å². The second-order valence-corrected chi connectivity index (χ2v) is 2.98. The molecule has 1 aromatic rings. The van der Waals surface area contributed by atoms with E-state index in [9.17, 15) is 14.4 Å². The SMILES string of the molecule is NC(=O)Nc1ccccc1.O=C1COC(=O)N1. The van der Waals surface area contributed by atoms with E-state index in [2.05, 4.69) is 10.1 Å². The number of urea groups is 1. The molecule has 17 heavy (non-hydrogen) atoms. The lowest BCUT2D eigenvalue weighted by Gasteiger charge is -1.97. The van der Waals surface area contributed by atoms with E-state index in [-0.39, 0.29) is 12.5 Å². The van der Waals surface area contributed by atoms with Gasteiger partial charge in [0.2, 0.25) is 0 Å². The highest BCUT2D eigenvalue weighted by atomic mass is 16.6. The molecule has 0 unspecified atom stereocenters. The van der Waals surface area contributed by atoms with Crippen LogP contribution in [0.5, 0.6) is 0 Å². The minimum Gasteiger partial charge on any atom is -0.439 e. The fraction of sp³-hybridized carbons (Fsp3) is 0.100. The number of cyclic esters (lactones) is 1. The number of carbonyl (C=O) groups excluding carboxylic acids is 3. The van der Waals surface area contributed by atoms with Crippen molar-refractivity contribution in [2.45, 2.75) is 0 Å². The second-order valence-electron chi connectivity index (χ2n) is 2.98. The van der Waals surface area contributed by atoms with Gasteiger partial charge in [-0.2, -0.15) is 0 Å². The fourth-order valence-corrected chi connectivity index (χ4v) is 0.981. The first-order chi connectivity index (χ1) is 8.08. The molecule has 0 aliphatic carbocycles. The largest absolute Gasteiger partial charge is 0.439 e. The summed E-state index contributed by atoms with van der Waals surface area (Å²) in [6.07, 6.45) is -0.648. The van der Waals surface area contributed by atoms with Gasteiger partial charge in [-0.1, -0.05) is 18.2 Å². The molecule has 0 atom stereocenters. The number of para-hydroxylation sites is 1. The molecule has 0 bridgehead atoms. The van der Waals surface area contributed by atoms with Crippen molar-refractivity contribution in [1.82, 2.24) is 5.32 Å².